The van der Waals surface area contributed by atoms with Gasteiger partial charge in [-0.05, 0) is 41.5 Å². The number of ether oxygens (including phenoxy) is 1. The molecular weight excluding hydrogens is 386 g/mol. The molecule has 138 valence electrons. The first kappa shape index (κ1) is 18.7. The first-order valence-corrected chi connectivity index (χ1v) is 10.2. The Hall–Kier alpha value is -2.12. The summed E-state index contributed by atoms with van der Waals surface area (Å²) in [5.41, 5.74) is 2.27. The van der Waals surface area contributed by atoms with Crippen LogP contribution < -0.4 is 13.8 Å². The van der Waals surface area contributed by atoms with Gasteiger partial charge in [0, 0.05) is 11.6 Å². The van der Waals surface area contributed by atoms with Crippen LogP contribution in [0.1, 0.15) is 11.1 Å². The van der Waals surface area contributed by atoms with Crippen molar-refractivity contribution in [2.45, 2.75) is 0 Å². The molecule has 0 amide bonds. The normalized spacial score (nSPS) is 14.1. The minimum atomic E-state index is -4.64. The van der Waals surface area contributed by atoms with E-state index in [9.17, 15) is 9.13 Å². The molecule has 0 aliphatic carbocycles. The van der Waals surface area contributed by atoms with Gasteiger partial charge in [0.15, 0.2) is 0 Å². The fraction of sp³-hybridized carbons (Fsp3) is 0.0667. The molecule has 9 nitrogen and oxygen atoms in total. The van der Waals surface area contributed by atoms with Crippen molar-refractivity contribution in [3.63, 3.8) is 0 Å². The number of fused-ring (bicyclic) bond motifs is 1. The maximum atomic E-state index is 10.9. The highest BCUT2D eigenvalue weighted by molar-refractivity contribution is 7.47. The molecule has 0 bridgehead atoms. The van der Waals surface area contributed by atoms with Crippen molar-refractivity contribution in [1.82, 2.24) is 0 Å². The molecule has 0 saturated carbocycles. The van der Waals surface area contributed by atoms with Crippen LogP contribution >= 0.6 is 15.6 Å². The number of phosphoric ester groups is 2. The Morgan fingerprint density at radius 1 is 0.846 bits per heavy atom. The highest BCUT2D eigenvalue weighted by atomic mass is 31.2. The second-order valence-corrected chi connectivity index (χ2v) is 7.67. The van der Waals surface area contributed by atoms with Crippen molar-refractivity contribution in [1.29, 1.82) is 0 Å². The maximum Gasteiger partial charge on any atom is 0.524 e. The Labute approximate surface area is 148 Å². The minimum absolute atomic E-state index is 0.00660. The standard InChI is InChI=1S/C15H14O9P2/c16-25(17,18)23-13-4-1-10(2-5-13)12-7-11-3-6-14(24-26(19,20)21)8-15(11)22-9-12/h1-8H,9H2,(H2,16,17,18)(H2,19,20,21). The Kier molecular flexibility index (Phi) is 4.94. The quantitative estimate of drug-likeness (QED) is 0.557. The van der Waals surface area contributed by atoms with Crippen molar-refractivity contribution < 1.29 is 42.5 Å². The van der Waals surface area contributed by atoms with Crippen LogP contribution in [-0.4, -0.2) is 26.2 Å². The van der Waals surface area contributed by atoms with Crippen molar-refractivity contribution in [2.75, 3.05) is 6.61 Å². The first-order valence-electron chi connectivity index (χ1n) is 7.17. The summed E-state index contributed by atoms with van der Waals surface area (Å²) in [5, 5.41) is 0. The average molecular weight is 400 g/mol. The van der Waals surface area contributed by atoms with Gasteiger partial charge in [-0.25, -0.2) is 9.13 Å². The van der Waals surface area contributed by atoms with Gasteiger partial charge in [-0.3, -0.25) is 19.6 Å². The number of benzene rings is 2. The highest BCUT2D eigenvalue weighted by Crippen LogP contribution is 2.41. The third-order valence-corrected chi connectivity index (χ3v) is 4.27. The minimum Gasteiger partial charge on any atom is -0.488 e. The van der Waals surface area contributed by atoms with Gasteiger partial charge in [0.25, 0.3) is 0 Å². The molecule has 0 atom stereocenters. The predicted molar refractivity (Wildman–Crippen MR) is 91.6 cm³/mol. The summed E-state index contributed by atoms with van der Waals surface area (Å²) in [6.07, 6.45) is 1.83. The molecule has 1 heterocycles. The molecular formula is C15H14O9P2. The van der Waals surface area contributed by atoms with Gasteiger partial charge in [-0.2, -0.15) is 0 Å². The molecule has 0 spiro atoms. The summed E-state index contributed by atoms with van der Waals surface area (Å²) in [5.74, 6) is 0.452. The molecule has 26 heavy (non-hydrogen) atoms. The molecule has 2 aromatic carbocycles. The predicted octanol–water partition coefficient (Wildman–Crippen LogP) is 2.56. The Balaban J connectivity index is 1.81. The summed E-state index contributed by atoms with van der Waals surface area (Å²) >= 11 is 0. The molecule has 0 aromatic heterocycles. The molecule has 0 fully saturated rings. The first-order chi connectivity index (χ1) is 12.1. The van der Waals surface area contributed by atoms with E-state index in [0.29, 0.717) is 11.3 Å². The molecule has 3 rings (SSSR count). The van der Waals surface area contributed by atoms with Crippen LogP contribution in [0.5, 0.6) is 17.2 Å². The zero-order valence-electron chi connectivity index (χ0n) is 13.1. The smallest absolute Gasteiger partial charge is 0.488 e. The van der Waals surface area contributed by atoms with Gasteiger partial charge in [-0.15, -0.1) is 0 Å². The Bertz CT molecular complexity index is 940. The van der Waals surface area contributed by atoms with Gasteiger partial charge in [-0.1, -0.05) is 12.1 Å². The van der Waals surface area contributed by atoms with Crippen molar-refractivity contribution in [2.24, 2.45) is 0 Å². The summed E-state index contributed by atoms with van der Waals surface area (Å²) in [6, 6.07) is 10.5. The van der Waals surface area contributed by atoms with Crippen molar-refractivity contribution >= 4 is 27.3 Å². The Morgan fingerprint density at radius 3 is 2.04 bits per heavy atom. The van der Waals surface area contributed by atoms with Gasteiger partial charge < -0.3 is 13.8 Å². The second kappa shape index (κ2) is 6.89. The van der Waals surface area contributed by atoms with Crippen LogP contribution in [0.3, 0.4) is 0 Å². The van der Waals surface area contributed by atoms with E-state index in [1.54, 1.807) is 18.2 Å². The van der Waals surface area contributed by atoms with E-state index in [-0.39, 0.29) is 18.1 Å². The maximum absolute atomic E-state index is 10.9. The highest BCUT2D eigenvalue weighted by Gasteiger charge is 2.19. The van der Waals surface area contributed by atoms with Crippen LogP contribution in [-0.2, 0) is 9.13 Å². The molecule has 2 aromatic rings. The van der Waals surface area contributed by atoms with Gasteiger partial charge in [0.1, 0.15) is 23.9 Å². The summed E-state index contributed by atoms with van der Waals surface area (Å²) in [6.45, 7) is 0.199. The zero-order valence-corrected chi connectivity index (χ0v) is 14.8. The fourth-order valence-corrected chi connectivity index (χ4v) is 3.16. The summed E-state index contributed by atoms with van der Waals surface area (Å²) in [4.78, 5) is 35.3. The third kappa shape index (κ3) is 4.95. The number of rotatable bonds is 5. The lowest BCUT2D eigenvalue weighted by atomic mass is 10.0. The van der Waals surface area contributed by atoms with Crippen LogP contribution in [0.4, 0.5) is 0 Å². The van der Waals surface area contributed by atoms with Crippen LogP contribution in [0, 0.1) is 0 Å². The van der Waals surface area contributed by atoms with Crippen LogP contribution in [0.15, 0.2) is 42.5 Å². The van der Waals surface area contributed by atoms with Crippen LogP contribution in [0.25, 0.3) is 11.6 Å². The monoisotopic (exact) mass is 400 g/mol. The lowest BCUT2D eigenvalue weighted by Gasteiger charge is -2.19. The second-order valence-electron chi connectivity index (χ2n) is 5.35. The van der Waals surface area contributed by atoms with E-state index in [4.69, 9.17) is 24.3 Å². The summed E-state index contributed by atoms with van der Waals surface area (Å²) in [7, 11) is -9.25. The van der Waals surface area contributed by atoms with Gasteiger partial charge >= 0.3 is 15.6 Å². The third-order valence-electron chi connectivity index (χ3n) is 3.37. The molecule has 0 radical (unpaired) electrons. The van der Waals surface area contributed by atoms with Crippen LogP contribution in [0.2, 0.25) is 0 Å². The van der Waals surface area contributed by atoms with Gasteiger partial charge in [0.2, 0.25) is 0 Å². The molecule has 1 aliphatic heterocycles. The largest absolute Gasteiger partial charge is 0.524 e. The molecule has 4 N–H and O–H groups in total. The molecule has 1 aliphatic rings. The fourth-order valence-electron chi connectivity index (χ4n) is 2.37. The lowest BCUT2D eigenvalue weighted by molar-refractivity contribution is 0.280. The molecule has 11 heteroatoms. The topological polar surface area (TPSA) is 143 Å². The van der Waals surface area contributed by atoms with Gasteiger partial charge in [0.05, 0.1) is 0 Å². The molecule has 0 unspecified atom stereocenters. The van der Waals surface area contributed by atoms with Crippen molar-refractivity contribution in [3.05, 3.63) is 53.6 Å². The average Bonchev–Trinajstić information content (AvgIpc) is 2.52. The van der Waals surface area contributed by atoms with E-state index in [1.165, 1.54) is 24.3 Å². The van der Waals surface area contributed by atoms with E-state index in [1.807, 2.05) is 6.08 Å². The lowest BCUT2D eigenvalue weighted by Crippen LogP contribution is -2.07. The Morgan fingerprint density at radius 2 is 1.42 bits per heavy atom. The SMILES string of the molecule is O=P(O)(O)Oc1ccc(C2=Cc3ccc(OP(=O)(O)O)cc3OC2)cc1. The molecule has 0 saturated heterocycles. The summed E-state index contributed by atoms with van der Waals surface area (Å²) < 4.78 is 36.3. The number of hydrogen-bond acceptors (Lipinski definition) is 5. The number of phosphoric acid groups is 2. The van der Waals surface area contributed by atoms with Crippen molar-refractivity contribution in [3.8, 4) is 17.2 Å². The van der Waals surface area contributed by atoms with E-state index >= 15 is 0 Å². The van der Waals surface area contributed by atoms with E-state index in [2.05, 4.69) is 9.05 Å². The van der Waals surface area contributed by atoms with E-state index in [0.717, 1.165) is 11.1 Å². The van der Waals surface area contributed by atoms with E-state index < -0.39 is 15.6 Å². The number of hydrogen-bond donors (Lipinski definition) is 4. The zero-order chi connectivity index (χ0) is 18.9.